The molecule has 0 unspecified atom stereocenters. The molecule has 3 N–H and O–H groups in total. The van der Waals surface area contributed by atoms with Gasteiger partial charge in [-0.05, 0) is 12.0 Å². The number of rotatable bonds is 8. The average molecular weight is 384 g/mol. The molecular weight excluding hydrogens is 364 g/mol. The second-order valence-electron chi connectivity index (χ2n) is 5.83. The van der Waals surface area contributed by atoms with E-state index >= 15 is 0 Å². The first kappa shape index (κ1) is 18.6. The number of nitrogens with two attached hydrogens (primary N) is 1. The SMILES string of the molecule is NC(=O)N(Cc1ccccc1)c1ncc(C(=O)NCCCn2ccnc2)s1. The molecule has 0 radical (unpaired) electrons. The van der Waals surface area contributed by atoms with Gasteiger partial charge in [-0.15, -0.1) is 0 Å². The molecule has 0 fully saturated rings. The van der Waals surface area contributed by atoms with Crippen LogP contribution < -0.4 is 16.0 Å². The van der Waals surface area contributed by atoms with E-state index in [1.165, 1.54) is 11.1 Å². The van der Waals surface area contributed by atoms with Crippen LogP contribution in [0, 0.1) is 0 Å². The molecule has 2 heterocycles. The van der Waals surface area contributed by atoms with Gasteiger partial charge in [-0.1, -0.05) is 41.7 Å². The number of urea groups is 1. The Balaban J connectivity index is 1.56. The van der Waals surface area contributed by atoms with E-state index in [1.54, 1.807) is 12.5 Å². The summed E-state index contributed by atoms with van der Waals surface area (Å²) in [6.07, 6.45) is 7.59. The highest BCUT2D eigenvalue weighted by atomic mass is 32.1. The molecule has 140 valence electrons. The molecule has 0 bridgehead atoms. The standard InChI is InChI=1S/C18H20N6O2S/c19-17(26)24(12-14-5-2-1-3-6-14)18-22-11-15(27-18)16(25)21-7-4-9-23-10-8-20-13-23/h1-3,5-6,8,10-11,13H,4,7,9,12H2,(H2,19,26)(H,21,25). The van der Waals surface area contributed by atoms with Crippen LogP contribution in [0.4, 0.5) is 9.93 Å². The number of aryl methyl sites for hydroxylation is 1. The van der Waals surface area contributed by atoms with E-state index in [-0.39, 0.29) is 5.91 Å². The minimum absolute atomic E-state index is 0.214. The minimum Gasteiger partial charge on any atom is -0.351 e. The second kappa shape index (κ2) is 8.95. The lowest BCUT2D eigenvalue weighted by molar-refractivity contribution is 0.0956. The molecule has 3 rings (SSSR count). The summed E-state index contributed by atoms with van der Waals surface area (Å²) in [5.74, 6) is -0.214. The van der Waals surface area contributed by atoms with Gasteiger partial charge in [-0.25, -0.2) is 14.8 Å². The molecule has 0 aliphatic rings. The largest absolute Gasteiger partial charge is 0.351 e. The van der Waals surface area contributed by atoms with E-state index < -0.39 is 6.03 Å². The number of carbonyl (C=O) groups excluding carboxylic acids is 2. The highest BCUT2D eigenvalue weighted by Gasteiger charge is 2.19. The summed E-state index contributed by atoms with van der Waals surface area (Å²) in [5, 5.41) is 3.25. The van der Waals surface area contributed by atoms with Crippen LogP contribution in [0.3, 0.4) is 0 Å². The van der Waals surface area contributed by atoms with Crippen molar-refractivity contribution in [3.8, 4) is 0 Å². The highest BCUT2D eigenvalue weighted by molar-refractivity contribution is 7.17. The molecule has 2 aromatic heterocycles. The maximum atomic E-state index is 12.3. The zero-order valence-corrected chi connectivity index (χ0v) is 15.4. The Kier molecular flexibility index (Phi) is 6.16. The number of nitrogens with zero attached hydrogens (tertiary/aromatic N) is 4. The number of benzene rings is 1. The molecule has 8 nitrogen and oxygen atoms in total. The Bertz CT molecular complexity index is 878. The molecule has 3 amide bonds. The number of primary amides is 1. The summed E-state index contributed by atoms with van der Waals surface area (Å²) in [5.41, 5.74) is 6.42. The Labute approximate surface area is 160 Å². The Morgan fingerprint density at radius 1 is 1.26 bits per heavy atom. The van der Waals surface area contributed by atoms with Gasteiger partial charge in [-0.2, -0.15) is 0 Å². The van der Waals surface area contributed by atoms with E-state index in [2.05, 4.69) is 15.3 Å². The van der Waals surface area contributed by atoms with Gasteiger partial charge in [0.05, 0.1) is 19.1 Å². The van der Waals surface area contributed by atoms with Crippen LogP contribution in [-0.2, 0) is 13.1 Å². The molecule has 0 saturated carbocycles. The van der Waals surface area contributed by atoms with Crippen molar-refractivity contribution in [2.24, 2.45) is 5.73 Å². The van der Waals surface area contributed by atoms with Crippen LogP contribution in [0.5, 0.6) is 0 Å². The third-order valence-corrected chi connectivity index (χ3v) is 4.85. The molecule has 0 atom stereocenters. The van der Waals surface area contributed by atoms with Crippen LogP contribution >= 0.6 is 11.3 Å². The fraction of sp³-hybridized carbons (Fsp3) is 0.222. The van der Waals surface area contributed by atoms with E-state index in [0.717, 1.165) is 29.9 Å². The molecular formula is C18H20N6O2S. The first-order valence-corrected chi connectivity index (χ1v) is 9.26. The first-order valence-electron chi connectivity index (χ1n) is 8.44. The van der Waals surface area contributed by atoms with Crippen LogP contribution in [0.2, 0.25) is 0 Å². The number of imidazole rings is 1. The van der Waals surface area contributed by atoms with Gasteiger partial charge in [-0.3, -0.25) is 9.69 Å². The van der Waals surface area contributed by atoms with Crippen molar-refractivity contribution in [3.05, 3.63) is 65.7 Å². The number of anilines is 1. The molecule has 0 aliphatic heterocycles. The smallest absolute Gasteiger partial charge is 0.321 e. The van der Waals surface area contributed by atoms with Crippen molar-refractivity contribution in [1.82, 2.24) is 19.9 Å². The topological polar surface area (TPSA) is 106 Å². The summed E-state index contributed by atoms with van der Waals surface area (Å²) in [7, 11) is 0. The Morgan fingerprint density at radius 2 is 2.07 bits per heavy atom. The maximum Gasteiger partial charge on any atom is 0.321 e. The fourth-order valence-electron chi connectivity index (χ4n) is 2.47. The number of carbonyl (C=O) groups is 2. The summed E-state index contributed by atoms with van der Waals surface area (Å²) in [4.78, 5) is 34.1. The molecule has 9 heteroatoms. The number of nitrogens with one attached hydrogen (secondary N) is 1. The van der Waals surface area contributed by atoms with Crippen molar-refractivity contribution in [1.29, 1.82) is 0 Å². The van der Waals surface area contributed by atoms with Gasteiger partial charge in [0.25, 0.3) is 5.91 Å². The molecule has 0 spiro atoms. The van der Waals surface area contributed by atoms with Gasteiger partial charge < -0.3 is 15.6 Å². The van der Waals surface area contributed by atoms with Crippen molar-refractivity contribution in [2.75, 3.05) is 11.4 Å². The Hall–Kier alpha value is -3.20. The normalized spacial score (nSPS) is 10.5. The number of aromatic nitrogens is 3. The molecule has 3 aromatic rings. The molecule has 0 saturated heterocycles. The lowest BCUT2D eigenvalue weighted by atomic mass is 10.2. The van der Waals surface area contributed by atoms with Crippen LogP contribution in [-0.4, -0.2) is 33.0 Å². The van der Waals surface area contributed by atoms with E-state index in [4.69, 9.17) is 5.73 Å². The van der Waals surface area contributed by atoms with Crippen LogP contribution in [0.15, 0.2) is 55.2 Å². The molecule has 1 aromatic carbocycles. The molecule has 0 aliphatic carbocycles. The van der Waals surface area contributed by atoms with Gasteiger partial charge in [0, 0.05) is 25.5 Å². The highest BCUT2D eigenvalue weighted by Crippen LogP contribution is 2.24. The third-order valence-electron chi connectivity index (χ3n) is 3.84. The lowest BCUT2D eigenvalue weighted by Crippen LogP contribution is -2.35. The second-order valence-corrected chi connectivity index (χ2v) is 6.84. The lowest BCUT2D eigenvalue weighted by Gasteiger charge is -2.17. The van der Waals surface area contributed by atoms with Gasteiger partial charge in [0.15, 0.2) is 5.13 Å². The molecule has 27 heavy (non-hydrogen) atoms. The number of amides is 3. The van der Waals surface area contributed by atoms with Crippen LogP contribution in [0.1, 0.15) is 21.7 Å². The van der Waals surface area contributed by atoms with E-state index in [9.17, 15) is 9.59 Å². The predicted octanol–water partition coefficient (Wildman–Crippen LogP) is 2.25. The third kappa shape index (κ3) is 5.14. The maximum absolute atomic E-state index is 12.3. The fourth-order valence-corrected chi connectivity index (χ4v) is 3.31. The zero-order valence-electron chi connectivity index (χ0n) is 14.6. The number of hydrogen-bond acceptors (Lipinski definition) is 5. The quantitative estimate of drug-likeness (QED) is 0.581. The zero-order chi connectivity index (χ0) is 19.1. The van der Waals surface area contributed by atoms with Crippen molar-refractivity contribution < 1.29 is 9.59 Å². The minimum atomic E-state index is -0.611. The monoisotopic (exact) mass is 384 g/mol. The van der Waals surface area contributed by atoms with E-state index in [0.29, 0.717) is 23.1 Å². The first-order chi connectivity index (χ1) is 13.1. The summed E-state index contributed by atoms with van der Waals surface area (Å²) in [6, 6.07) is 8.87. The Morgan fingerprint density at radius 3 is 2.78 bits per heavy atom. The average Bonchev–Trinajstić information content (AvgIpc) is 3.36. The summed E-state index contributed by atoms with van der Waals surface area (Å²) >= 11 is 1.14. The van der Waals surface area contributed by atoms with Crippen molar-refractivity contribution in [2.45, 2.75) is 19.5 Å². The number of thiazole rings is 1. The van der Waals surface area contributed by atoms with Crippen molar-refractivity contribution >= 4 is 28.4 Å². The van der Waals surface area contributed by atoms with Gasteiger partial charge in [0.1, 0.15) is 4.88 Å². The number of hydrogen-bond donors (Lipinski definition) is 2. The van der Waals surface area contributed by atoms with Gasteiger partial charge in [0.2, 0.25) is 0 Å². The predicted molar refractivity (Wildman–Crippen MR) is 103 cm³/mol. The van der Waals surface area contributed by atoms with Crippen LogP contribution in [0.25, 0.3) is 0 Å². The van der Waals surface area contributed by atoms with Crippen molar-refractivity contribution in [3.63, 3.8) is 0 Å². The van der Waals surface area contributed by atoms with Gasteiger partial charge >= 0.3 is 6.03 Å². The summed E-state index contributed by atoms with van der Waals surface area (Å²) < 4.78 is 1.95. The van der Waals surface area contributed by atoms with E-state index in [1.807, 2.05) is 41.1 Å². The summed E-state index contributed by atoms with van der Waals surface area (Å²) in [6.45, 7) is 1.62.